The largest absolute Gasteiger partial charge is 0.490 e. The zero-order chi connectivity index (χ0) is 13.1. The number of carbonyl (C=O) groups excluding carboxylic acids is 2. The van der Waals surface area contributed by atoms with Gasteiger partial charge in [-0.2, -0.15) is 13.2 Å². The van der Waals surface area contributed by atoms with Crippen LogP contribution in [0.25, 0.3) is 0 Å². The standard InChI is InChI=1S/C10H8F3NO3/c11-10(12,13)9(16)17-5-6-1-3-7(4-2-6)8(14)15/h1-4H,5H2,(H2,14,15). The van der Waals surface area contributed by atoms with Crippen LogP contribution < -0.4 is 5.73 Å². The van der Waals surface area contributed by atoms with E-state index in [9.17, 15) is 22.8 Å². The maximum Gasteiger partial charge on any atom is 0.490 e. The van der Waals surface area contributed by atoms with Crippen LogP contribution in [-0.2, 0) is 16.1 Å². The predicted molar refractivity (Wildman–Crippen MR) is 50.8 cm³/mol. The third kappa shape index (κ3) is 3.78. The second-order valence-electron chi connectivity index (χ2n) is 3.14. The summed E-state index contributed by atoms with van der Waals surface area (Å²) in [5, 5.41) is 0. The molecule has 0 aliphatic carbocycles. The van der Waals surface area contributed by atoms with Gasteiger partial charge in [-0.05, 0) is 17.7 Å². The summed E-state index contributed by atoms with van der Waals surface area (Å²) in [7, 11) is 0. The number of amides is 1. The van der Waals surface area contributed by atoms with Crippen LogP contribution in [0.1, 0.15) is 15.9 Å². The van der Waals surface area contributed by atoms with Gasteiger partial charge in [-0.25, -0.2) is 4.79 Å². The van der Waals surface area contributed by atoms with E-state index in [4.69, 9.17) is 5.73 Å². The Bertz CT molecular complexity index is 425. The number of carbonyl (C=O) groups is 2. The molecule has 0 unspecified atom stereocenters. The highest BCUT2D eigenvalue weighted by Gasteiger charge is 2.40. The number of ether oxygens (including phenoxy) is 1. The van der Waals surface area contributed by atoms with Crippen molar-refractivity contribution in [1.82, 2.24) is 0 Å². The fourth-order valence-corrected chi connectivity index (χ4v) is 0.996. The van der Waals surface area contributed by atoms with E-state index in [0.717, 1.165) is 0 Å². The fraction of sp³-hybridized carbons (Fsp3) is 0.200. The molecule has 1 rings (SSSR count). The van der Waals surface area contributed by atoms with Crippen LogP contribution in [-0.4, -0.2) is 18.1 Å². The quantitative estimate of drug-likeness (QED) is 0.820. The predicted octanol–water partition coefficient (Wildman–Crippen LogP) is 1.39. The highest BCUT2D eigenvalue weighted by Crippen LogP contribution is 2.17. The number of esters is 1. The Balaban J connectivity index is 2.59. The molecule has 1 amide bonds. The Labute approximate surface area is 94.2 Å². The number of benzene rings is 1. The number of alkyl halides is 3. The number of nitrogens with two attached hydrogens (primary N) is 1. The smallest absolute Gasteiger partial charge is 0.454 e. The third-order valence-electron chi connectivity index (χ3n) is 1.84. The molecule has 7 heteroatoms. The van der Waals surface area contributed by atoms with Gasteiger partial charge in [-0.15, -0.1) is 0 Å². The van der Waals surface area contributed by atoms with Crippen molar-refractivity contribution >= 4 is 11.9 Å². The van der Waals surface area contributed by atoms with Gasteiger partial charge in [0.2, 0.25) is 5.91 Å². The molecule has 4 nitrogen and oxygen atoms in total. The van der Waals surface area contributed by atoms with Crippen molar-refractivity contribution in [3.8, 4) is 0 Å². The van der Waals surface area contributed by atoms with Crippen LogP contribution in [0.5, 0.6) is 0 Å². The van der Waals surface area contributed by atoms with E-state index < -0.39 is 24.7 Å². The van der Waals surface area contributed by atoms with Gasteiger partial charge in [0.05, 0.1) is 0 Å². The minimum atomic E-state index is -5.01. The molecular formula is C10H8F3NO3. The molecular weight excluding hydrogens is 239 g/mol. The Kier molecular flexibility index (Phi) is 3.72. The normalized spacial score (nSPS) is 11.0. The number of hydrogen-bond acceptors (Lipinski definition) is 3. The van der Waals surface area contributed by atoms with E-state index in [0.29, 0.717) is 5.56 Å². The maximum atomic E-state index is 11.8. The van der Waals surface area contributed by atoms with Crippen LogP contribution in [0, 0.1) is 0 Å². The van der Waals surface area contributed by atoms with Crippen molar-refractivity contribution in [3.05, 3.63) is 35.4 Å². The van der Waals surface area contributed by atoms with E-state index in [-0.39, 0.29) is 5.56 Å². The van der Waals surface area contributed by atoms with E-state index in [2.05, 4.69) is 4.74 Å². The van der Waals surface area contributed by atoms with Crippen LogP contribution in [0.15, 0.2) is 24.3 Å². The Hall–Kier alpha value is -2.05. The van der Waals surface area contributed by atoms with Crippen LogP contribution in [0.2, 0.25) is 0 Å². The number of halogens is 3. The number of hydrogen-bond donors (Lipinski definition) is 1. The van der Waals surface area contributed by atoms with Gasteiger partial charge in [-0.3, -0.25) is 4.79 Å². The summed E-state index contributed by atoms with van der Waals surface area (Å²) in [6.07, 6.45) is -5.01. The molecule has 92 valence electrons. The lowest BCUT2D eigenvalue weighted by Gasteiger charge is -2.07. The summed E-state index contributed by atoms with van der Waals surface area (Å²) < 4.78 is 39.4. The lowest BCUT2D eigenvalue weighted by Crippen LogP contribution is -2.25. The third-order valence-corrected chi connectivity index (χ3v) is 1.84. The van der Waals surface area contributed by atoms with Crippen LogP contribution >= 0.6 is 0 Å². The van der Waals surface area contributed by atoms with Crippen molar-refractivity contribution < 1.29 is 27.5 Å². The summed E-state index contributed by atoms with van der Waals surface area (Å²) in [6, 6.07) is 5.37. The summed E-state index contributed by atoms with van der Waals surface area (Å²) in [4.78, 5) is 21.1. The molecule has 2 N–H and O–H groups in total. The summed E-state index contributed by atoms with van der Waals surface area (Å²) in [5.41, 5.74) is 5.51. The molecule has 0 aliphatic heterocycles. The molecule has 0 saturated heterocycles. The molecule has 0 bridgehead atoms. The molecule has 1 aromatic carbocycles. The zero-order valence-electron chi connectivity index (χ0n) is 8.45. The van der Waals surface area contributed by atoms with Crippen molar-refractivity contribution in [3.63, 3.8) is 0 Å². The highest BCUT2D eigenvalue weighted by atomic mass is 19.4. The minimum absolute atomic E-state index is 0.218. The monoisotopic (exact) mass is 247 g/mol. The first-order valence-electron chi connectivity index (χ1n) is 4.43. The second-order valence-corrected chi connectivity index (χ2v) is 3.14. The van der Waals surface area contributed by atoms with E-state index >= 15 is 0 Å². The number of rotatable bonds is 3. The van der Waals surface area contributed by atoms with Crippen molar-refractivity contribution in [2.75, 3.05) is 0 Å². The molecule has 0 aromatic heterocycles. The van der Waals surface area contributed by atoms with E-state index in [1.807, 2.05) is 0 Å². The molecule has 0 fully saturated rings. The zero-order valence-corrected chi connectivity index (χ0v) is 8.45. The first-order chi connectivity index (χ1) is 7.80. The molecule has 0 spiro atoms. The van der Waals surface area contributed by atoms with E-state index in [1.165, 1.54) is 24.3 Å². The Morgan fingerprint density at radius 1 is 1.18 bits per heavy atom. The first kappa shape index (κ1) is 13.0. The van der Waals surface area contributed by atoms with E-state index in [1.54, 1.807) is 0 Å². The molecule has 17 heavy (non-hydrogen) atoms. The van der Waals surface area contributed by atoms with Crippen molar-refractivity contribution in [2.24, 2.45) is 5.73 Å². The summed E-state index contributed by atoms with van der Waals surface area (Å²) in [6.45, 7) is -0.516. The minimum Gasteiger partial charge on any atom is -0.454 e. The molecule has 0 radical (unpaired) electrons. The lowest BCUT2D eigenvalue weighted by atomic mass is 10.1. The molecule has 0 atom stereocenters. The van der Waals surface area contributed by atoms with Gasteiger partial charge in [0, 0.05) is 5.56 Å². The SMILES string of the molecule is NC(=O)c1ccc(COC(=O)C(F)(F)F)cc1. The van der Waals surface area contributed by atoms with Gasteiger partial charge in [0.15, 0.2) is 0 Å². The highest BCUT2D eigenvalue weighted by molar-refractivity contribution is 5.92. The molecule has 1 aromatic rings. The van der Waals surface area contributed by atoms with Gasteiger partial charge in [-0.1, -0.05) is 12.1 Å². The summed E-state index contributed by atoms with van der Waals surface area (Å²) in [5.74, 6) is -2.90. The molecule has 0 aliphatic rings. The Morgan fingerprint density at radius 3 is 2.12 bits per heavy atom. The number of primary amides is 1. The van der Waals surface area contributed by atoms with Crippen LogP contribution in [0.3, 0.4) is 0 Å². The fourth-order valence-electron chi connectivity index (χ4n) is 0.996. The van der Waals surface area contributed by atoms with Gasteiger partial charge >= 0.3 is 12.1 Å². The van der Waals surface area contributed by atoms with Gasteiger partial charge < -0.3 is 10.5 Å². The average Bonchev–Trinajstić information content (AvgIpc) is 2.25. The topological polar surface area (TPSA) is 69.4 Å². The second kappa shape index (κ2) is 4.86. The molecule has 0 heterocycles. The van der Waals surface area contributed by atoms with Crippen LogP contribution in [0.4, 0.5) is 13.2 Å². The van der Waals surface area contributed by atoms with Crippen molar-refractivity contribution in [1.29, 1.82) is 0 Å². The molecule has 0 saturated carbocycles. The first-order valence-corrected chi connectivity index (χ1v) is 4.43. The van der Waals surface area contributed by atoms with Gasteiger partial charge in [0.25, 0.3) is 0 Å². The summed E-state index contributed by atoms with van der Waals surface area (Å²) >= 11 is 0. The van der Waals surface area contributed by atoms with Crippen molar-refractivity contribution in [2.45, 2.75) is 12.8 Å². The average molecular weight is 247 g/mol. The Morgan fingerprint density at radius 2 is 1.71 bits per heavy atom. The lowest BCUT2D eigenvalue weighted by molar-refractivity contribution is -0.201. The maximum absolute atomic E-state index is 11.8. The van der Waals surface area contributed by atoms with Gasteiger partial charge in [0.1, 0.15) is 6.61 Å².